The van der Waals surface area contributed by atoms with Crippen molar-refractivity contribution in [3.63, 3.8) is 0 Å². The van der Waals surface area contributed by atoms with Crippen LogP contribution >= 0.6 is 0 Å². The molecule has 1 fully saturated rings. The van der Waals surface area contributed by atoms with Crippen LogP contribution in [0.3, 0.4) is 0 Å². The van der Waals surface area contributed by atoms with E-state index in [4.69, 9.17) is 5.11 Å². The summed E-state index contributed by atoms with van der Waals surface area (Å²) < 4.78 is 0. The van der Waals surface area contributed by atoms with Crippen molar-refractivity contribution in [3.05, 3.63) is 0 Å². The first-order valence-electron chi connectivity index (χ1n) is 4.19. The van der Waals surface area contributed by atoms with Gasteiger partial charge in [0.05, 0.1) is 6.61 Å². The molecule has 0 amide bonds. The third-order valence-corrected chi connectivity index (χ3v) is 2.33. The fraction of sp³-hybridized carbons (Fsp3) is 1.00. The van der Waals surface area contributed by atoms with Gasteiger partial charge in [0.1, 0.15) is 0 Å². The van der Waals surface area contributed by atoms with Crippen molar-refractivity contribution >= 4 is 0 Å². The normalized spacial score (nSPS) is 28.8. The van der Waals surface area contributed by atoms with E-state index in [1.807, 2.05) is 0 Å². The smallest absolute Gasteiger partial charge is 0.0558 e. The van der Waals surface area contributed by atoms with Crippen LogP contribution in [0.2, 0.25) is 0 Å². The predicted molar refractivity (Wildman–Crippen MR) is 42.0 cm³/mol. The first-order valence-corrected chi connectivity index (χ1v) is 4.19. The first-order chi connectivity index (χ1) is 4.84. The van der Waals surface area contributed by atoms with Crippen molar-refractivity contribution in [3.8, 4) is 0 Å². The van der Waals surface area contributed by atoms with Gasteiger partial charge in [0, 0.05) is 12.6 Å². The second-order valence-corrected chi connectivity index (χ2v) is 3.10. The number of aliphatic hydroxyl groups is 1. The Balaban J connectivity index is 2.25. The number of hydrogen-bond donors (Lipinski definition) is 1. The summed E-state index contributed by atoms with van der Waals surface area (Å²) in [6.07, 6.45) is 3.98. The standard InChI is InChI=1S/C8H17NO/c1-8-4-2-3-5-9(8)6-7-10/h8,10H,2-7H2,1H3/t8-/m1/s1. The van der Waals surface area contributed by atoms with Gasteiger partial charge >= 0.3 is 0 Å². The molecule has 10 heavy (non-hydrogen) atoms. The molecule has 0 aromatic rings. The minimum Gasteiger partial charge on any atom is -0.395 e. The number of aliphatic hydroxyl groups excluding tert-OH is 1. The number of likely N-dealkylation sites (tertiary alicyclic amines) is 1. The molecule has 0 saturated carbocycles. The van der Waals surface area contributed by atoms with Crippen LogP contribution in [0.4, 0.5) is 0 Å². The molecule has 1 atom stereocenters. The third kappa shape index (κ3) is 1.96. The number of rotatable bonds is 2. The Morgan fingerprint density at radius 2 is 2.30 bits per heavy atom. The molecule has 0 aliphatic carbocycles. The van der Waals surface area contributed by atoms with Crippen molar-refractivity contribution in [2.24, 2.45) is 0 Å². The van der Waals surface area contributed by atoms with Crippen LogP contribution in [-0.4, -0.2) is 35.7 Å². The summed E-state index contributed by atoms with van der Waals surface area (Å²) in [6, 6.07) is 0.695. The zero-order chi connectivity index (χ0) is 7.40. The summed E-state index contributed by atoms with van der Waals surface area (Å²) in [5.74, 6) is 0. The van der Waals surface area contributed by atoms with Gasteiger partial charge in [-0.1, -0.05) is 6.42 Å². The average molecular weight is 143 g/mol. The van der Waals surface area contributed by atoms with Crippen LogP contribution in [0.1, 0.15) is 26.2 Å². The molecule has 60 valence electrons. The maximum Gasteiger partial charge on any atom is 0.0558 e. The Labute approximate surface area is 62.8 Å². The summed E-state index contributed by atoms with van der Waals surface area (Å²) in [5, 5.41) is 8.69. The van der Waals surface area contributed by atoms with Gasteiger partial charge in [-0.3, -0.25) is 4.90 Å². The third-order valence-electron chi connectivity index (χ3n) is 2.33. The van der Waals surface area contributed by atoms with Crippen LogP contribution < -0.4 is 0 Å². The summed E-state index contributed by atoms with van der Waals surface area (Å²) in [7, 11) is 0. The van der Waals surface area contributed by atoms with Gasteiger partial charge in [-0.15, -0.1) is 0 Å². The second-order valence-electron chi connectivity index (χ2n) is 3.10. The highest BCUT2D eigenvalue weighted by Gasteiger charge is 2.16. The van der Waals surface area contributed by atoms with E-state index in [1.165, 1.54) is 25.8 Å². The summed E-state index contributed by atoms with van der Waals surface area (Å²) in [5.41, 5.74) is 0. The molecule has 1 heterocycles. The van der Waals surface area contributed by atoms with E-state index >= 15 is 0 Å². The Morgan fingerprint density at radius 1 is 1.50 bits per heavy atom. The SMILES string of the molecule is C[C@@H]1CCCCN1CCO. The van der Waals surface area contributed by atoms with Gasteiger partial charge in [0.2, 0.25) is 0 Å². The average Bonchev–Trinajstić information content (AvgIpc) is 1.94. The molecule has 2 heteroatoms. The van der Waals surface area contributed by atoms with E-state index in [2.05, 4.69) is 11.8 Å². The Hall–Kier alpha value is -0.0800. The highest BCUT2D eigenvalue weighted by molar-refractivity contribution is 4.71. The molecule has 0 bridgehead atoms. The largest absolute Gasteiger partial charge is 0.395 e. The van der Waals surface area contributed by atoms with E-state index < -0.39 is 0 Å². The second kappa shape index (κ2) is 3.94. The van der Waals surface area contributed by atoms with Gasteiger partial charge in [-0.05, 0) is 26.3 Å². The maximum atomic E-state index is 8.69. The zero-order valence-electron chi connectivity index (χ0n) is 6.71. The topological polar surface area (TPSA) is 23.5 Å². The fourth-order valence-electron chi connectivity index (χ4n) is 1.62. The molecule has 0 aromatic carbocycles. The highest BCUT2D eigenvalue weighted by Crippen LogP contribution is 2.14. The number of hydrogen-bond acceptors (Lipinski definition) is 2. The van der Waals surface area contributed by atoms with Gasteiger partial charge in [-0.2, -0.15) is 0 Å². The Morgan fingerprint density at radius 3 is 2.90 bits per heavy atom. The molecule has 1 aliphatic heterocycles. The molecule has 0 aromatic heterocycles. The van der Waals surface area contributed by atoms with E-state index in [9.17, 15) is 0 Å². The lowest BCUT2D eigenvalue weighted by Gasteiger charge is -2.32. The van der Waals surface area contributed by atoms with Crippen molar-refractivity contribution in [2.45, 2.75) is 32.2 Å². The Bertz CT molecular complexity index is 93.3. The molecule has 1 N–H and O–H groups in total. The van der Waals surface area contributed by atoms with E-state index in [-0.39, 0.29) is 0 Å². The number of piperidine rings is 1. The van der Waals surface area contributed by atoms with E-state index in [1.54, 1.807) is 0 Å². The van der Waals surface area contributed by atoms with Crippen LogP contribution in [0, 0.1) is 0 Å². The molecule has 1 saturated heterocycles. The first kappa shape index (κ1) is 8.02. The lowest BCUT2D eigenvalue weighted by molar-refractivity contribution is 0.126. The zero-order valence-corrected chi connectivity index (χ0v) is 6.71. The van der Waals surface area contributed by atoms with E-state index in [0.717, 1.165) is 6.54 Å². The monoisotopic (exact) mass is 143 g/mol. The Kier molecular flexibility index (Phi) is 3.16. The molecule has 2 nitrogen and oxygen atoms in total. The molecule has 0 radical (unpaired) electrons. The van der Waals surface area contributed by atoms with Gasteiger partial charge in [0.15, 0.2) is 0 Å². The lowest BCUT2D eigenvalue weighted by atomic mass is 10.0. The summed E-state index contributed by atoms with van der Waals surface area (Å²) in [6.45, 7) is 4.60. The van der Waals surface area contributed by atoms with Gasteiger partial charge in [-0.25, -0.2) is 0 Å². The van der Waals surface area contributed by atoms with Gasteiger partial charge < -0.3 is 5.11 Å². The van der Waals surface area contributed by atoms with Crippen LogP contribution in [0.5, 0.6) is 0 Å². The van der Waals surface area contributed by atoms with Crippen molar-refractivity contribution in [1.29, 1.82) is 0 Å². The molecule has 0 unspecified atom stereocenters. The molecule has 0 spiro atoms. The van der Waals surface area contributed by atoms with Crippen molar-refractivity contribution < 1.29 is 5.11 Å². The van der Waals surface area contributed by atoms with Crippen molar-refractivity contribution in [1.82, 2.24) is 4.90 Å². The molecule has 1 aliphatic rings. The molecular weight excluding hydrogens is 126 g/mol. The quantitative estimate of drug-likeness (QED) is 0.619. The van der Waals surface area contributed by atoms with Crippen LogP contribution in [-0.2, 0) is 0 Å². The molecule has 1 rings (SSSR count). The summed E-state index contributed by atoms with van der Waals surface area (Å²) in [4.78, 5) is 2.36. The number of nitrogens with zero attached hydrogens (tertiary/aromatic N) is 1. The summed E-state index contributed by atoms with van der Waals surface area (Å²) >= 11 is 0. The van der Waals surface area contributed by atoms with Crippen LogP contribution in [0.25, 0.3) is 0 Å². The molecular formula is C8H17NO. The minimum absolute atomic E-state index is 0.310. The highest BCUT2D eigenvalue weighted by atomic mass is 16.3. The van der Waals surface area contributed by atoms with Gasteiger partial charge in [0.25, 0.3) is 0 Å². The van der Waals surface area contributed by atoms with E-state index in [0.29, 0.717) is 12.6 Å². The maximum absolute atomic E-state index is 8.69. The fourth-order valence-corrected chi connectivity index (χ4v) is 1.62. The predicted octanol–water partition coefficient (Wildman–Crippen LogP) is 0.853. The van der Waals surface area contributed by atoms with Crippen LogP contribution in [0.15, 0.2) is 0 Å². The van der Waals surface area contributed by atoms with Crippen molar-refractivity contribution in [2.75, 3.05) is 19.7 Å². The lowest BCUT2D eigenvalue weighted by Crippen LogP contribution is -2.39. The minimum atomic E-state index is 0.310. The number of β-amino-alcohol motifs (C(OH)–C–C–N with tert-alkyl or cyclic N) is 1.